The van der Waals surface area contributed by atoms with Gasteiger partial charge < -0.3 is 5.73 Å². The monoisotopic (exact) mass is 312 g/mol. The number of rotatable bonds is 2. The third-order valence-corrected chi connectivity index (χ3v) is 3.79. The molecule has 114 valence electrons. The Balaban J connectivity index is 2.00. The normalized spacial score (nSPS) is 10.6. The number of benzene rings is 2. The van der Waals surface area contributed by atoms with Gasteiger partial charge >= 0.3 is 0 Å². The van der Waals surface area contributed by atoms with Gasteiger partial charge in [0.1, 0.15) is 6.07 Å². The lowest BCUT2D eigenvalue weighted by atomic mass is 10.0. The van der Waals surface area contributed by atoms with Crippen LogP contribution in [0.3, 0.4) is 0 Å². The quantitative estimate of drug-likeness (QED) is 0.591. The minimum atomic E-state index is 0.122. The molecule has 0 aliphatic rings. The van der Waals surface area contributed by atoms with Gasteiger partial charge in [-0.2, -0.15) is 10.4 Å². The van der Waals surface area contributed by atoms with E-state index in [9.17, 15) is 5.26 Å². The molecule has 3 N–H and O–H groups in total. The van der Waals surface area contributed by atoms with E-state index in [0.29, 0.717) is 11.4 Å². The van der Waals surface area contributed by atoms with E-state index in [1.807, 2.05) is 54.6 Å². The standard InChI is InChI=1S/C18H12N6/c19-9-15-18(20)23-16(11-4-2-1-3-5-11)17(22-15)12-6-7-14-13(8-12)10-21-24-14/h1-8,10H,(H2,20,23)(H,21,24). The Labute approximate surface area is 137 Å². The first kappa shape index (κ1) is 13.9. The Hall–Kier alpha value is -3.72. The molecule has 2 heterocycles. The predicted molar refractivity (Wildman–Crippen MR) is 91.7 cm³/mol. The van der Waals surface area contributed by atoms with E-state index < -0.39 is 0 Å². The smallest absolute Gasteiger partial charge is 0.183 e. The number of hydrogen-bond donors (Lipinski definition) is 2. The molecule has 2 aromatic heterocycles. The van der Waals surface area contributed by atoms with Gasteiger partial charge in [-0.1, -0.05) is 36.4 Å². The van der Waals surface area contributed by atoms with Crippen LogP contribution in [-0.2, 0) is 0 Å². The molecule has 4 rings (SSSR count). The van der Waals surface area contributed by atoms with Crippen molar-refractivity contribution in [3.8, 4) is 28.6 Å². The summed E-state index contributed by atoms with van der Waals surface area (Å²) in [6.45, 7) is 0. The van der Waals surface area contributed by atoms with E-state index >= 15 is 0 Å². The Bertz CT molecular complexity index is 1080. The van der Waals surface area contributed by atoms with Crippen LogP contribution in [0.15, 0.2) is 54.7 Å². The molecule has 0 bridgehead atoms. The highest BCUT2D eigenvalue weighted by Gasteiger charge is 2.15. The van der Waals surface area contributed by atoms with E-state index in [1.54, 1.807) is 6.20 Å². The van der Waals surface area contributed by atoms with Crippen LogP contribution in [0.5, 0.6) is 0 Å². The predicted octanol–water partition coefficient (Wildman–Crippen LogP) is 3.14. The van der Waals surface area contributed by atoms with Crippen molar-refractivity contribution in [3.63, 3.8) is 0 Å². The second kappa shape index (κ2) is 5.48. The molecule has 4 aromatic rings. The van der Waals surface area contributed by atoms with E-state index in [1.165, 1.54) is 0 Å². The number of aromatic amines is 1. The van der Waals surface area contributed by atoms with Crippen LogP contribution in [0.1, 0.15) is 5.69 Å². The molecule has 0 fully saturated rings. The zero-order chi connectivity index (χ0) is 16.5. The molecule has 0 spiro atoms. The molecular formula is C18H12N6. The largest absolute Gasteiger partial charge is 0.381 e. The van der Waals surface area contributed by atoms with E-state index in [4.69, 9.17) is 5.73 Å². The maximum absolute atomic E-state index is 9.24. The minimum Gasteiger partial charge on any atom is -0.381 e. The first-order chi connectivity index (χ1) is 11.8. The van der Waals surface area contributed by atoms with Crippen molar-refractivity contribution in [1.82, 2.24) is 20.2 Å². The summed E-state index contributed by atoms with van der Waals surface area (Å²) in [5, 5.41) is 17.2. The molecule has 2 aromatic carbocycles. The lowest BCUT2D eigenvalue weighted by molar-refractivity contribution is 1.12. The number of fused-ring (bicyclic) bond motifs is 1. The van der Waals surface area contributed by atoms with Crippen molar-refractivity contribution in [3.05, 3.63) is 60.4 Å². The molecule has 0 saturated heterocycles. The van der Waals surface area contributed by atoms with Crippen LogP contribution in [0, 0.1) is 11.3 Å². The fourth-order valence-corrected chi connectivity index (χ4v) is 2.62. The molecule has 0 atom stereocenters. The number of nitrogens with zero attached hydrogens (tertiary/aromatic N) is 4. The van der Waals surface area contributed by atoms with Gasteiger partial charge in [0.2, 0.25) is 0 Å². The average molecular weight is 312 g/mol. The van der Waals surface area contributed by atoms with Crippen molar-refractivity contribution >= 4 is 16.7 Å². The van der Waals surface area contributed by atoms with E-state index in [-0.39, 0.29) is 11.5 Å². The van der Waals surface area contributed by atoms with E-state index in [2.05, 4.69) is 20.2 Å². The number of aromatic nitrogens is 4. The molecule has 24 heavy (non-hydrogen) atoms. The summed E-state index contributed by atoms with van der Waals surface area (Å²) in [5.41, 5.74) is 9.95. The number of nitrogens with one attached hydrogen (secondary N) is 1. The average Bonchev–Trinajstić information content (AvgIpc) is 3.10. The highest BCUT2D eigenvalue weighted by molar-refractivity contribution is 5.87. The highest BCUT2D eigenvalue weighted by Crippen LogP contribution is 2.31. The number of anilines is 1. The topological polar surface area (TPSA) is 104 Å². The molecule has 6 heteroatoms. The van der Waals surface area contributed by atoms with Crippen molar-refractivity contribution in [2.24, 2.45) is 0 Å². The van der Waals surface area contributed by atoms with Gasteiger partial charge in [-0.15, -0.1) is 0 Å². The molecule has 0 saturated carbocycles. The lowest BCUT2D eigenvalue weighted by Crippen LogP contribution is -2.03. The first-order valence-corrected chi connectivity index (χ1v) is 7.33. The number of hydrogen-bond acceptors (Lipinski definition) is 5. The third-order valence-electron chi connectivity index (χ3n) is 3.79. The van der Waals surface area contributed by atoms with Crippen molar-refractivity contribution in [2.75, 3.05) is 5.73 Å². The number of nitrogen functional groups attached to an aromatic ring is 1. The van der Waals surface area contributed by atoms with Gasteiger partial charge in [0, 0.05) is 16.5 Å². The Morgan fingerprint density at radius 2 is 1.75 bits per heavy atom. The van der Waals surface area contributed by atoms with Crippen LogP contribution >= 0.6 is 0 Å². The fourth-order valence-electron chi connectivity index (χ4n) is 2.62. The number of nitriles is 1. The van der Waals surface area contributed by atoms with Crippen molar-refractivity contribution in [1.29, 1.82) is 5.26 Å². The van der Waals surface area contributed by atoms with Crippen molar-refractivity contribution in [2.45, 2.75) is 0 Å². The Morgan fingerprint density at radius 1 is 0.958 bits per heavy atom. The van der Waals surface area contributed by atoms with E-state index in [0.717, 1.165) is 22.0 Å². The van der Waals surface area contributed by atoms with Crippen LogP contribution < -0.4 is 5.73 Å². The van der Waals surface area contributed by atoms with Gasteiger partial charge in [-0.25, -0.2) is 9.97 Å². The maximum Gasteiger partial charge on any atom is 0.183 e. The first-order valence-electron chi connectivity index (χ1n) is 7.33. The molecule has 0 aliphatic carbocycles. The summed E-state index contributed by atoms with van der Waals surface area (Å²) in [7, 11) is 0. The van der Waals surface area contributed by atoms with Gasteiger partial charge in [0.05, 0.1) is 23.1 Å². The van der Waals surface area contributed by atoms with Crippen LogP contribution in [0.2, 0.25) is 0 Å². The van der Waals surface area contributed by atoms with Crippen LogP contribution in [-0.4, -0.2) is 20.2 Å². The molecule has 0 amide bonds. The van der Waals surface area contributed by atoms with Crippen LogP contribution in [0.4, 0.5) is 5.82 Å². The summed E-state index contributed by atoms with van der Waals surface area (Å²) < 4.78 is 0. The molecular weight excluding hydrogens is 300 g/mol. The van der Waals surface area contributed by atoms with Gasteiger partial charge in [-0.05, 0) is 12.1 Å². The Morgan fingerprint density at radius 3 is 2.54 bits per heavy atom. The summed E-state index contributed by atoms with van der Waals surface area (Å²) in [6, 6.07) is 17.5. The zero-order valence-electron chi connectivity index (χ0n) is 12.6. The summed E-state index contributed by atoms with van der Waals surface area (Å²) >= 11 is 0. The summed E-state index contributed by atoms with van der Waals surface area (Å²) in [5.74, 6) is 0.129. The molecule has 6 nitrogen and oxygen atoms in total. The number of nitrogens with two attached hydrogens (primary N) is 1. The second-order valence-corrected chi connectivity index (χ2v) is 5.30. The lowest BCUT2D eigenvalue weighted by Gasteiger charge is -2.10. The van der Waals surface area contributed by atoms with Gasteiger partial charge in [-0.3, -0.25) is 5.10 Å². The molecule has 0 unspecified atom stereocenters. The zero-order valence-corrected chi connectivity index (χ0v) is 12.6. The van der Waals surface area contributed by atoms with Crippen molar-refractivity contribution < 1.29 is 0 Å². The SMILES string of the molecule is N#Cc1nc(-c2ccc3[nH]ncc3c2)c(-c2ccccc2)nc1N. The number of H-pyrrole nitrogens is 1. The van der Waals surface area contributed by atoms with Gasteiger partial charge in [0.15, 0.2) is 11.5 Å². The highest BCUT2D eigenvalue weighted by atomic mass is 15.1. The Kier molecular flexibility index (Phi) is 3.18. The van der Waals surface area contributed by atoms with Gasteiger partial charge in [0.25, 0.3) is 0 Å². The second-order valence-electron chi connectivity index (χ2n) is 5.30. The fraction of sp³-hybridized carbons (Fsp3) is 0. The third kappa shape index (κ3) is 2.25. The molecule has 0 radical (unpaired) electrons. The maximum atomic E-state index is 9.24. The molecule has 0 aliphatic heterocycles. The summed E-state index contributed by atoms with van der Waals surface area (Å²) in [4.78, 5) is 8.88. The van der Waals surface area contributed by atoms with Crippen LogP contribution in [0.25, 0.3) is 33.4 Å². The summed E-state index contributed by atoms with van der Waals surface area (Å²) in [6.07, 6.45) is 1.75. The minimum absolute atomic E-state index is 0.122.